The van der Waals surface area contributed by atoms with Crippen molar-refractivity contribution >= 4 is 76.8 Å². The summed E-state index contributed by atoms with van der Waals surface area (Å²) in [5.41, 5.74) is -0.895. The van der Waals surface area contributed by atoms with Gasteiger partial charge in [-0.25, -0.2) is 0 Å². The molecule has 13 amide bonds. The van der Waals surface area contributed by atoms with Crippen LogP contribution in [0.3, 0.4) is 0 Å². The van der Waals surface area contributed by atoms with E-state index >= 15 is 19.2 Å². The van der Waals surface area contributed by atoms with Crippen LogP contribution in [-0.2, 0) is 62.3 Å². The second-order valence-electron chi connectivity index (χ2n) is 33.1. The second-order valence-corrected chi connectivity index (χ2v) is 33.1. The van der Waals surface area contributed by atoms with Crippen molar-refractivity contribution in [2.24, 2.45) is 35.0 Å². The van der Waals surface area contributed by atoms with E-state index in [0.717, 1.165) is 38.6 Å². The van der Waals surface area contributed by atoms with Gasteiger partial charge < -0.3 is 100 Å². The van der Waals surface area contributed by atoms with Crippen molar-refractivity contribution in [3.8, 4) is 0 Å². The Morgan fingerprint density at radius 3 is 1.47 bits per heavy atom. The molecular weight excluding hydrogens is 1410 g/mol. The first-order chi connectivity index (χ1) is 52.0. The molecule has 7 rings (SSSR count). The van der Waals surface area contributed by atoms with Gasteiger partial charge in [0.2, 0.25) is 76.8 Å². The number of hydrogen-bond acceptors (Lipinski definition) is 19. The Hall–Kier alpha value is -7.13. The van der Waals surface area contributed by atoms with E-state index in [0.29, 0.717) is 116 Å². The lowest BCUT2D eigenvalue weighted by Crippen LogP contribution is -2.62. The molecule has 7 aliphatic rings. The summed E-state index contributed by atoms with van der Waals surface area (Å²) >= 11 is 0. The second kappa shape index (κ2) is 44.8. The molecule has 109 heavy (non-hydrogen) atoms. The minimum atomic E-state index is -1.74. The van der Waals surface area contributed by atoms with Crippen LogP contribution in [0.25, 0.3) is 0 Å². The third kappa shape index (κ3) is 29.2. The maximum atomic E-state index is 15.3. The minimum Gasteiger partial charge on any atom is -0.393 e. The average Bonchev–Trinajstić information content (AvgIpc) is 1.65. The molecule has 32 nitrogen and oxygen atoms in total. The maximum Gasteiger partial charge on any atom is 0.245 e. The highest BCUT2D eigenvalue weighted by atomic mass is 16.3. The predicted molar refractivity (Wildman–Crippen MR) is 404 cm³/mol. The molecule has 0 aromatic rings. The first-order valence-electron chi connectivity index (χ1n) is 41.0. The molecule has 15 atom stereocenters. The van der Waals surface area contributed by atoms with Gasteiger partial charge in [0.1, 0.15) is 60.4 Å². The van der Waals surface area contributed by atoms with Crippen molar-refractivity contribution in [2.45, 2.75) is 338 Å². The lowest BCUT2D eigenvalue weighted by Gasteiger charge is -2.34. The van der Waals surface area contributed by atoms with Crippen LogP contribution in [-0.4, -0.2) is 221 Å². The van der Waals surface area contributed by atoms with Gasteiger partial charge in [-0.05, 0) is 216 Å². The summed E-state index contributed by atoms with van der Waals surface area (Å²) in [5.74, 6) is -10.3. The summed E-state index contributed by atoms with van der Waals surface area (Å²) in [5, 5.41) is 87.2. The van der Waals surface area contributed by atoms with Crippen molar-refractivity contribution in [1.82, 2.24) is 79.8 Å². The molecule has 0 radical (unpaired) electrons. The van der Waals surface area contributed by atoms with Gasteiger partial charge in [-0.3, -0.25) is 62.3 Å². The molecule has 0 spiro atoms. The number of carbonyl (C=O) groups excluding carboxylic acids is 13. The summed E-state index contributed by atoms with van der Waals surface area (Å²) in [6.07, 6.45) is 6.91. The smallest absolute Gasteiger partial charge is 0.245 e. The Labute approximate surface area is 642 Å². The Morgan fingerprint density at radius 1 is 0.385 bits per heavy atom. The predicted octanol–water partition coefficient (Wildman–Crippen LogP) is -0.103. The maximum absolute atomic E-state index is 15.3. The van der Waals surface area contributed by atoms with Gasteiger partial charge in [-0.1, -0.05) is 59.8 Å². The summed E-state index contributed by atoms with van der Waals surface area (Å²) in [6, 6.07) is -14.1. The molecule has 616 valence electrons. The Bertz CT molecular complexity index is 3020. The third-order valence-electron chi connectivity index (χ3n) is 23.1. The molecule has 3 aliphatic carbocycles. The zero-order valence-corrected chi connectivity index (χ0v) is 65.3. The number of aliphatic hydroxyl groups is 4. The standard InChI is InChI=1S/C77H131N15O17/c1-7-19-53-67(100)85-55-34-35-60(98)79-37-16-13-23-54(69(102)90-63(45(3)94)74(107)87-58(71(104)83-53)42-49-43-82-66-52(49)22-18-39-80-66)84-70(103)56(40-46-26-30-50(95)31-27-46)88-76(109)65(77(4,5)6)89-61(99)25-12-9-15-36-78-59(97)24-14-17-38-81-73(106)62(44(2)93)91-75(108)64(48-20-10-8-11-21-48)92-72(105)57(86-68(55)101)41-47-28-32-51(96)33-29-47/h44-58,62-66,80,82,93-96H,7-43H2,1-6H3,(H,78,97)(H,79,98)(H,81,106)(H,83,104)(H,84,103)(H,85,100)(H,86,101)(H,87,107)(H,88,109)(H,89,99)(H,90,102)(H,91,108)(H,92,105)/t44-,45-,46?,47?,49?,50?,51?,52?,53+,54+,55?,56+,57+,58+,62+,63+,64+,65-,66?/m1/s1. The van der Waals surface area contributed by atoms with Crippen LogP contribution < -0.4 is 79.8 Å². The SMILES string of the molecule is CCC[C@@H]1NC(=O)[C@H](CC2CNC3NCCCC23)NC(=O)[C@H]([C@@H](C)O)NC(=O)[C@@H]2CCCCNC(=O)CCC(NC1=O)C(=O)N[C@@H](CC1CCC(O)CC1)C(=O)N[C@@H](C1CCCCC1)C(=O)N[C@@H]([C@@H](C)O)C(=O)NCCCCC(=O)NCCCCCC(=O)N[C@@H](C(C)(C)C)C(=O)N[C@@H](CC1CCC(O)CC1)C(=O)N2. The van der Waals surface area contributed by atoms with Crippen LogP contribution in [0.4, 0.5) is 0 Å². The van der Waals surface area contributed by atoms with Crippen molar-refractivity contribution in [2.75, 3.05) is 32.7 Å². The lowest BCUT2D eigenvalue weighted by molar-refractivity contribution is -0.138. The molecular formula is C77H131N15O17. The summed E-state index contributed by atoms with van der Waals surface area (Å²) in [4.78, 5) is 189. The van der Waals surface area contributed by atoms with Crippen LogP contribution in [0.1, 0.15) is 247 Å². The number of hydrogen-bond donors (Lipinski definition) is 19. The summed E-state index contributed by atoms with van der Waals surface area (Å²) in [6.45, 7) is 11.3. The molecule has 7 fully saturated rings. The molecule has 4 unspecified atom stereocenters. The van der Waals surface area contributed by atoms with Gasteiger partial charge in [0.15, 0.2) is 0 Å². The Morgan fingerprint density at radius 2 is 0.853 bits per heavy atom. The van der Waals surface area contributed by atoms with Gasteiger partial charge in [0.25, 0.3) is 0 Å². The van der Waals surface area contributed by atoms with Crippen LogP contribution in [0.2, 0.25) is 0 Å². The summed E-state index contributed by atoms with van der Waals surface area (Å²) in [7, 11) is 0. The molecule has 19 N–H and O–H groups in total. The number of nitrogens with one attached hydrogen (secondary N) is 15. The topological polar surface area (TPSA) is 483 Å². The molecule has 2 bridgehead atoms. The number of amides is 13. The fraction of sp³-hybridized carbons (Fsp3) is 0.831. The van der Waals surface area contributed by atoms with Crippen molar-refractivity contribution in [3.63, 3.8) is 0 Å². The van der Waals surface area contributed by atoms with E-state index in [1.54, 1.807) is 27.7 Å². The van der Waals surface area contributed by atoms with Crippen LogP contribution >= 0.6 is 0 Å². The number of piperidine rings is 1. The molecule has 0 aromatic carbocycles. The number of rotatable bonds is 11. The third-order valence-corrected chi connectivity index (χ3v) is 23.1. The van der Waals surface area contributed by atoms with Gasteiger partial charge in [0, 0.05) is 38.9 Å². The van der Waals surface area contributed by atoms with Crippen molar-refractivity contribution < 1.29 is 82.8 Å². The molecule has 32 heteroatoms. The first kappa shape index (κ1) is 89.1. The van der Waals surface area contributed by atoms with E-state index in [9.17, 15) is 63.6 Å². The van der Waals surface area contributed by atoms with Crippen molar-refractivity contribution in [3.05, 3.63) is 0 Å². The Balaban J connectivity index is 1.26. The Kier molecular flexibility index (Phi) is 36.6. The van der Waals surface area contributed by atoms with Crippen LogP contribution in [0, 0.1) is 35.0 Å². The molecule has 4 saturated heterocycles. The highest BCUT2D eigenvalue weighted by Crippen LogP contribution is 2.34. The minimum absolute atomic E-state index is 0.00423. The van der Waals surface area contributed by atoms with Crippen LogP contribution in [0.5, 0.6) is 0 Å². The first-order valence-corrected chi connectivity index (χ1v) is 41.0. The molecule has 0 aromatic heterocycles. The number of aliphatic hydroxyl groups excluding tert-OH is 4. The quantitative estimate of drug-likeness (QED) is 0.128. The van der Waals surface area contributed by atoms with E-state index in [4.69, 9.17) is 0 Å². The monoisotopic (exact) mass is 1540 g/mol. The van der Waals surface area contributed by atoms with E-state index < -0.39 is 167 Å². The van der Waals surface area contributed by atoms with E-state index in [2.05, 4.69) is 79.8 Å². The summed E-state index contributed by atoms with van der Waals surface area (Å²) < 4.78 is 0. The normalized spacial score (nSPS) is 33.5. The van der Waals surface area contributed by atoms with E-state index in [-0.39, 0.29) is 119 Å². The molecule has 4 aliphatic heterocycles. The van der Waals surface area contributed by atoms with Gasteiger partial charge in [0.05, 0.1) is 30.6 Å². The van der Waals surface area contributed by atoms with Gasteiger partial charge in [-0.2, -0.15) is 0 Å². The van der Waals surface area contributed by atoms with E-state index in [1.165, 1.54) is 13.8 Å². The highest BCUT2D eigenvalue weighted by Gasteiger charge is 2.44. The van der Waals surface area contributed by atoms with E-state index in [1.807, 2.05) is 0 Å². The zero-order valence-electron chi connectivity index (χ0n) is 65.3. The zero-order chi connectivity index (χ0) is 79.3. The number of carbonyl (C=O) groups is 13. The fourth-order valence-corrected chi connectivity index (χ4v) is 16.5. The fourth-order valence-electron chi connectivity index (χ4n) is 16.5. The van der Waals surface area contributed by atoms with Crippen LogP contribution in [0.15, 0.2) is 0 Å². The average molecular weight is 1540 g/mol. The lowest BCUT2D eigenvalue weighted by atomic mass is 9.82. The van der Waals surface area contributed by atoms with Crippen molar-refractivity contribution in [1.29, 1.82) is 0 Å². The molecule has 4 heterocycles. The largest absolute Gasteiger partial charge is 0.393 e. The number of fused-ring (bicyclic) bond motifs is 10. The van der Waals surface area contributed by atoms with Gasteiger partial charge in [-0.15, -0.1) is 0 Å². The molecule has 3 saturated carbocycles. The highest BCUT2D eigenvalue weighted by molar-refractivity contribution is 5.99. The van der Waals surface area contributed by atoms with Gasteiger partial charge >= 0.3 is 0 Å².